The number of benzene rings is 1. The van der Waals surface area contributed by atoms with E-state index in [1.807, 2.05) is 0 Å². The van der Waals surface area contributed by atoms with Gasteiger partial charge in [-0.05, 0) is 44.1 Å². The molecule has 0 aliphatic carbocycles. The summed E-state index contributed by atoms with van der Waals surface area (Å²) in [4.78, 5) is 39.9. The average Bonchev–Trinajstić information content (AvgIpc) is 2.79. The van der Waals surface area contributed by atoms with E-state index < -0.39 is 11.8 Å². The Balaban J connectivity index is 0.00000208. The fourth-order valence-electron chi connectivity index (χ4n) is 3.05. The van der Waals surface area contributed by atoms with Crippen molar-refractivity contribution in [1.82, 2.24) is 15.1 Å². The van der Waals surface area contributed by atoms with Crippen molar-refractivity contribution in [1.29, 1.82) is 0 Å². The van der Waals surface area contributed by atoms with Gasteiger partial charge in [0.2, 0.25) is 5.91 Å². The molecular formula is C16H19BrClN3O3. The second-order valence-corrected chi connectivity index (χ2v) is 6.79. The van der Waals surface area contributed by atoms with Crippen molar-refractivity contribution in [3.8, 4) is 0 Å². The van der Waals surface area contributed by atoms with Gasteiger partial charge in [-0.15, -0.1) is 12.4 Å². The van der Waals surface area contributed by atoms with E-state index in [1.54, 1.807) is 30.1 Å². The third-order valence-corrected chi connectivity index (χ3v) is 4.97. The molecule has 2 heterocycles. The molecule has 0 aromatic heterocycles. The fourth-order valence-corrected chi connectivity index (χ4v) is 3.41. The van der Waals surface area contributed by atoms with Crippen LogP contribution in [0.5, 0.6) is 0 Å². The number of fused-ring (bicyclic) bond motifs is 1. The minimum atomic E-state index is -0.404. The normalized spacial score (nSPS) is 17.5. The number of hydrogen-bond acceptors (Lipinski definition) is 4. The molecule has 0 bridgehead atoms. The summed E-state index contributed by atoms with van der Waals surface area (Å²) >= 11 is 3.30. The van der Waals surface area contributed by atoms with Crippen molar-refractivity contribution in [2.24, 2.45) is 0 Å². The lowest BCUT2D eigenvalue weighted by molar-refractivity contribution is -0.132. The summed E-state index contributed by atoms with van der Waals surface area (Å²) in [7, 11) is 1.74. The minimum Gasteiger partial charge on any atom is -0.341 e. The number of carbonyl (C=O) groups is 3. The van der Waals surface area contributed by atoms with Gasteiger partial charge in [-0.2, -0.15) is 0 Å². The molecule has 0 atom stereocenters. The van der Waals surface area contributed by atoms with Gasteiger partial charge in [0.25, 0.3) is 11.8 Å². The predicted molar refractivity (Wildman–Crippen MR) is 95.4 cm³/mol. The monoisotopic (exact) mass is 415 g/mol. The number of piperidine rings is 1. The van der Waals surface area contributed by atoms with Crippen LogP contribution >= 0.6 is 28.3 Å². The summed E-state index contributed by atoms with van der Waals surface area (Å²) in [5.41, 5.74) is 0.706. The van der Waals surface area contributed by atoms with E-state index in [0.717, 1.165) is 35.3 Å². The third-order valence-electron chi connectivity index (χ3n) is 4.48. The highest BCUT2D eigenvalue weighted by Gasteiger charge is 2.37. The molecule has 1 N–H and O–H groups in total. The zero-order chi connectivity index (χ0) is 16.6. The molecule has 1 aromatic carbocycles. The molecule has 1 saturated heterocycles. The first-order chi connectivity index (χ1) is 11.0. The van der Waals surface area contributed by atoms with Crippen LogP contribution in [0, 0.1) is 0 Å². The third kappa shape index (κ3) is 3.48. The quantitative estimate of drug-likeness (QED) is 0.761. The first-order valence-electron chi connectivity index (χ1n) is 7.61. The topological polar surface area (TPSA) is 69.7 Å². The van der Waals surface area contributed by atoms with E-state index in [2.05, 4.69) is 21.2 Å². The molecule has 0 radical (unpaired) electrons. The first kappa shape index (κ1) is 18.9. The van der Waals surface area contributed by atoms with Crippen LogP contribution in [0.25, 0.3) is 0 Å². The van der Waals surface area contributed by atoms with Crippen LogP contribution in [0.15, 0.2) is 22.7 Å². The van der Waals surface area contributed by atoms with Gasteiger partial charge >= 0.3 is 0 Å². The number of amides is 3. The molecule has 6 nitrogen and oxygen atoms in total. The Kier molecular flexibility index (Phi) is 6.01. The number of nitrogens with one attached hydrogen (secondary N) is 1. The molecule has 1 fully saturated rings. The van der Waals surface area contributed by atoms with E-state index in [9.17, 15) is 14.4 Å². The Morgan fingerprint density at radius 2 is 1.88 bits per heavy atom. The lowest BCUT2D eigenvalue weighted by Gasteiger charge is -2.32. The Bertz CT molecular complexity index is 677. The number of likely N-dealkylation sites (N-methyl/N-ethyl adjacent to an activating group) is 1. The molecule has 24 heavy (non-hydrogen) atoms. The summed E-state index contributed by atoms with van der Waals surface area (Å²) in [6.07, 6.45) is 1.77. The van der Waals surface area contributed by atoms with Crippen LogP contribution in [0.4, 0.5) is 0 Å². The van der Waals surface area contributed by atoms with Crippen LogP contribution in [0.2, 0.25) is 0 Å². The van der Waals surface area contributed by atoms with Crippen LogP contribution < -0.4 is 5.32 Å². The predicted octanol–water partition coefficient (Wildman–Crippen LogP) is 1.68. The van der Waals surface area contributed by atoms with Gasteiger partial charge < -0.3 is 10.2 Å². The standard InChI is InChI=1S/C16H18BrN3O3.ClH/c1-19(11-4-6-18-7-5-11)14(21)9-20-15(22)12-3-2-10(17)8-13(12)16(20)23;/h2-3,8,11,18H,4-7,9H2,1H3;1H. The van der Waals surface area contributed by atoms with Gasteiger partial charge in [0.15, 0.2) is 0 Å². The van der Waals surface area contributed by atoms with Crippen molar-refractivity contribution in [2.45, 2.75) is 18.9 Å². The van der Waals surface area contributed by atoms with Crippen LogP contribution in [-0.4, -0.2) is 60.2 Å². The van der Waals surface area contributed by atoms with E-state index in [-0.39, 0.29) is 30.9 Å². The Morgan fingerprint density at radius 1 is 1.25 bits per heavy atom. The average molecular weight is 417 g/mol. The van der Waals surface area contributed by atoms with Gasteiger partial charge in [0.05, 0.1) is 11.1 Å². The van der Waals surface area contributed by atoms with Crippen molar-refractivity contribution in [3.05, 3.63) is 33.8 Å². The Labute approximate surface area is 155 Å². The van der Waals surface area contributed by atoms with Gasteiger partial charge in [0, 0.05) is 17.6 Å². The molecule has 2 aliphatic rings. The molecule has 0 saturated carbocycles. The van der Waals surface area contributed by atoms with Crippen molar-refractivity contribution in [3.63, 3.8) is 0 Å². The molecular weight excluding hydrogens is 398 g/mol. The maximum absolute atomic E-state index is 12.5. The van der Waals surface area contributed by atoms with Gasteiger partial charge in [0.1, 0.15) is 6.54 Å². The molecule has 8 heteroatoms. The first-order valence-corrected chi connectivity index (χ1v) is 8.40. The maximum Gasteiger partial charge on any atom is 0.262 e. The summed E-state index contributed by atoms with van der Waals surface area (Å²) in [6, 6.07) is 5.11. The van der Waals surface area contributed by atoms with Crippen molar-refractivity contribution in [2.75, 3.05) is 26.7 Å². The zero-order valence-electron chi connectivity index (χ0n) is 13.3. The highest BCUT2D eigenvalue weighted by atomic mass is 79.9. The minimum absolute atomic E-state index is 0. The smallest absolute Gasteiger partial charge is 0.262 e. The second kappa shape index (κ2) is 7.63. The summed E-state index contributed by atoms with van der Waals surface area (Å²) in [5, 5.41) is 3.25. The number of carbonyl (C=O) groups excluding carboxylic acids is 3. The van der Waals surface area contributed by atoms with E-state index in [4.69, 9.17) is 0 Å². The van der Waals surface area contributed by atoms with E-state index in [0.29, 0.717) is 11.1 Å². The summed E-state index contributed by atoms with van der Waals surface area (Å²) in [5.74, 6) is -1.01. The fraction of sp³-hybridized carbons (Fsp3) is 0.438. The summed E-state index contributed by atoms with van der Waals surface area (Å²) < 4.78 is 0.734. The van der Waals surface area contributed by atoms with Crippen LogP contribution in [-0.2, 0) is 4.79 Å². The van der Waals surface area contributed by atoms with Gasteiger partial charge in [-0.1, -0.05) is 15.9 Å². The number of imide groups is 1. The van der Waals surface area contributed by atoms with Crippen molar-refractivity contribution >= 4 is 46.1 Å². The van der Waals surface area contributed by atoms with Crippen LogP contribution in [0.1, 0.15) is 33.6 Å². The molecule has 130 valence electrons. The van der Waals surface area contributed by atoms with Crippen LogP contribution in [0.3, 0.4) is 0 Å². The number of nitrogens with zero attached hydrogens (tertiary/aromatic N) is 2. The highest BCUT2D eigenvalue weighted by molar-refractivity contribution is 9.10. The maximum atomic E-state index is 12.5. The van der Waals surface area contributed by atoms with Gasteiger partial charge in [-0.25, -0.2) is 0 Å². The van der Waals surface area contributed by atoms with Crippen molar-refractivity contribution < 1.29 is 14.4 Å². The van der Waals surface area contributed by atoms with E-state index in [1.165, 1.54) is 0 Å². The largest absolute Gasteiger partial charge is 0.341 e. The summed E-state index contributed by atoms with van der Waals surface area (Å²) in [6.45, 7) is 1.55. The Morgan fingerprint density at radius 3 is 2.54 bits per heavy atom. The second-order valence-electron chi connectivity index (χ2n) is 5.87. The number of hydrogen-bond donors (Lipinski definition) is 1. The molecule has 3 amide bonds. The SMILES string of the molecule is CN(C(=O)CN1C(=O)c2ccc(Br)cc2C1=O)C1CCNCC1.Cl. The highest BCUT2D eigenvalue weighted by Crippen LogP contribution is 2.26. The molecule has 0 spiro atoms. The molecule has 0 unspecified atom stereocenters. The Hall–Kier alpha value is -1.44. The zero-order valence-corrected chi connectivity index (χ0v) is 15.7. The number of rotatable bonds is 3. The molecule has 1 aromatic rings. The molecule has 3 rings (SSSR count). The van der Waals surface area contributed by atoms with E-state index >= 15 is 0 Å². The lowest BCUT2D eigenvalue weighted by atomic mass is 10.1. The van der Waals surface area contributed by atoms with Gasteiger partial charge in [-0.3, -0.25) is 19.3 Å². The molecule has 2 aliphatic heterocycles. The number of halogens is 2. The lowest BCUT2D eigenvalue weighted by Crippen LogP contribution is -2.48.